The van der Waals surface area contributed by atoms with E-state index in [2.05, 4.69) is 28.5 Å². The Balaban J connectivity index is 1.58. The van der Waals surface area contributed by atoms with E-state index in [0.29, 0.717) is 35.4 Å². The van der Waals surface area contributed by atoms with Gasteiger partial charge in [0.1, 0.15) is 0 Å². The van der Waals surface area contributed by atoms with E-state index in [1.54, 1.807) is 44.2 Å². The van der Waals surface area contributed by atoms with Crippen molar-refractivity contribution in [1.82, 2.24) is 14.5 Å². The molecule has 200 valence electrons. The third-order valence-corrected chi connectivity index (χ3v) is 8.23. The van der Waals surface area contributed by atoms with Crippen LogP contribution in [0.5, 0.6) is 0 Å². The molecule has 0 radical (unpaired) electrons. The van der Waals surface area contributed by atoms with Crippen LogP contribution in [0.3, 0.4) is 0 Å². The van der Waals surface area contributed by atoms with E-state index in [1.165, 1.54) is 19.1 Å². The minimum atomic E-state index is -3.92. The minimum Gasteiger partial charge on any atom is -0.313 e. The summed E-state index contributed by atoms with van der Waals surface area (Å²) in [5.41, 5.74) is 5.66. The van der Waals surface area contributed by atoms with Gasteiger partial charge in [-0.2, -0.15) is 0 Å². The Morgan fingerprint density at radius 1 is 0.923 bits per heavy atom. The average Bonchev–Trinajstić information content (AvgIpc) is 3.22. The quantitative estimate of drug-likeness (QED) is 0.313. The maximum absolute atomic E-state index is 13.1. The van der Waals surface area contributed by atoms with Gasteiger partial charge in [-0.3, -0.25) is 9.59 Å². The number of nitrogens with one attached hydrogen (secondary N) is 1. The summed E-state index contributed by atoms with van der Waals surface area (Å²) in [5, 5.41) is 0. The number of nitrogens with zero attached hydrogens (tertiary/aromatic N) is 3. The number of carbonyl (C=O) groups is 2. The number of Topliss-reactive ketones (excluding diaryl/α,β-unsaturated/α-hetero) is 2. The number of ketones is 2. The van der Waals surface area contributed by atoms with Crippen molar-refractivity contribution in [1.29, 1.82) is 0 Å². The van der Waals surface area contributed by atoms with E-state index < -0.39 is 10.0 Å². The number of rotatable bonds is 6. The summed E-state index contributed by atoms with van der Waals surface area (Å²) >= 11 is 0. The Hall–Kier alpha value is -4.11. The zero-order valence-electron chi connectivity index (χ0n) is 22.6. The Morgan fingerprint density at radius 2 is 1.54 bits per heavy atom. The lowest BCUT2D eigenvalue weighted by Gasteiger charge is -2.30. The first kappa shape index (κ1) is 26.5. The third-order valence-electron chi connectivity index (χ3n) is 6.89. The highest BCUT2D eigenvalue weighted by molar-refractivity contribution is 7.92. The summed E-state index contributed by atoms with van der Waals surface area (Å²) < 4.78 is 30.7. The fraction of sp³-hybridized carbons (Fsp3) is 0.267. The van der Waals surface area contributed by atoms with Gasteiger partial charge in [-0.05, 0) is 74.6 Å². The average molecular weight is 543 g/mol. The zero-order valence-corrected chi connectivity index (χ0v) is 23.4. The second-order valence-corrected chi connectivity index (χ2v) is 12.6. The largest absolute Gasteiger partial charge is 0.313 e. The Kier molecular flexibility index (Phi) is 6.50. The minimum absolute atomic E-state index is 0.0214. The number of anilines is 1. The summed E-state index contributed by atoms with van der Waals surface area (Å²) in [5.74, 6) is 0.0799. The molecule has 2 aromatic heterocycles. The molecule has 0 saturated carbocycles. The fourth-order valence-electron chi connectivity index (χ4n) is 5.12. The van der Waals surface area contributed by atoms with Crippen molar-refractivity contribution >= 4 is 27.5 Å². The predicted octanol–water partition coefficient (Wildman–Crippen LogP) is 5.71. The van der Waals surface area contributed by atoms with Crippen molar-refractivity contribution in [2.45, 2.75) is 52.4 Å². The molecule has 0 bridgehead atoms. The molecule has 9 heteroatoms. The first-order chi connectivity index (χ1) is 18.3. The normalized spacial score (nSPS) is 14.6. The number of benzene rings is 2. The van der Waals surface area contributed by atoms with Gasteiger partial charge in [-0.15, -0.1) is 0 Å². The molecule has 0 fully saturated rings. The van der Waals surface area contributed by atoms with Crippen LogP contribution in [0.2, 0.25) is 0 Å². The van der Waals surface area contributed by atoms with Crippen molar-refractivity contribution < 1.29 is 18.0 Å². The predicted molar refractivity (Wildman–Crippen MR) is 150 cm³/mol. The van der Waals surface area contributed by atoms with Gasteiger partial charge >= 0.3 is 0 Å². The number of aromatic nitrogens is 3. The molecule has 0 atom stereocenters. The van der Waals surface area contributed by atoms with Crippen LogP contribution in [-0.4, -0.2) is 34.5 Å². The van der Waals surface area contributed by atoms with E-state index in [0.717, 1.165) is 22.6 Å². The number of sulfonamides is 1. The number of aryl methyl sites for hydroxylation is 2. The van der Waals surface area contributed by atoms with Crippen LogP contribution in [0.1, 0.15) is 65.0 Å². The molecule has 0 aliphatic heterocycles. The molecular formula is C30H30N4O4S. The maximum Gasteiger partial charge on any atom is 0.264 e. The van der Waals surface area contributed by atoms with Gasteiger partial charge in [-0.1, -0.05) is 38.1 Å². The summed E-state index contributed by atoms with van der Waals surface area (Å²) in [6.07, 6.45) is 1.14. The topological polar surface area (TPSA) is 111 Å². The van der Waals surface area contributed by atoms with Crippen LogP contribution in [0, 0.1) is 19.3 Å². The molecule has 0 saturated heterocycles. The van der Waals surface area contributed by atoms with Crippen LogP contribution >= 0.6 is 0 Å². The fourth-order valence-corrected chi connectivity index (χ4v) is 6.06. The molecule has 1 aliphatic carbocycles. The molecule has 8 nitrogen and oxygen atoms in total. The van der Waals surface area contributed by atoms with Gasteiger partial charge in [0.05, 0.1) is 10.6 Å². The lowest BCUT2D eigenvalue weighted by atomic mass is 9.76. The maximum atomic E-state index is 13.1. The highest BCUT2D eigenvalue weighted by Crippen LogP contribution is 2.40. The molecule has 0 amide bonds. The van der Waals surface area contributed by atoms with Gasteiger partial charge in [0.25, 0.3) is 10.0 Å². The second kappa shape index (κ2) is 9.57. The molecule has 0 spiro atoms. The van der Waals surface area contributed by atoms with Crippen LogP contribution in [0.25, 0.3) is 16.9 Å². The summed E-state index contributed by atoms with van der Waals surface area (Å²) in [7, 11) is -3.92. The van der Waals surface area contributed by atoms with Crippen LogP contribution < -0.4 is 4.72 Å². The molecule has 1 N–H and O–H groups in total. The van der Waals surface area contributed by atoms with E-state index in [-0.39, 0.29) is 27.8 Å². The van der Waals surface area contributed by atoms with Gasteiger partial charge in [0, 0.05) is 40.3 Å². The van der Waals surface area contributed by atoms with E-state index in [1.807, 2.05) is 22.8 Å². The Labute approximate surface area is 228 Å². The molecule has 4 aromatic rings. The molecule has 2 aromatic carbocycles. The van der Waals surface area contributed by atoms with Gasteiger partial charge < -0.3 is 4.57 Å². The van der Waals surface area contributed by atoms with Gasteiger partial charge in [-0.25, -0.2) is 23.1 Å². The summed E-state index contributed by atoms with van der Waals surface area (Å²) in [4.78, 5) is 33.3. The van der Waals surface area contributed by atoms with Crippen molar-refractivity contribution in [2.24, 2.45) is 5.41 Å². The van der Waals surface area contributed by atoms with E-state index in [4.69, 9.17) is 0 Å². The van der Waals surface area contributed by atoms with Crippen molar-refractivity contribution in [2.75, 3.05) is 4.72 Å². The monoisotopic (exact) mass is 542 g/mol. The summed E-state index contributed by atoms with van der Waals surface area (Å²) in [6, 6.07) is 17.5. The lowest BCUT2D eigenvalue weighted by Crippen LogP contribution is -2.27. The molecule has 1 aliphatic rings. The van der Waals surface area contributed by atoms with Gasteiger partial charge in [0.15, 0.2) is 11.6 Å². The first-order valence-corrected chi connectivity index (χ1v) is 14.2. The number of carbonyl (C=O) groups excluding carboxylic acids is 2. The first-order valence-electron chi connectivity index (χ1n) is 12.7. The molecule has 5 rings (SSSR count). The van der Waals surface area contributed by atoms with Crippen LogP contribution in [-0.2, 0) is 16.4 Å². The molecule has 39 heavy (non-hydrogen) atoms. The summed E-state index contributed by atoms with van der Waals surface area (Å²) in [6.45, 7) is 9.21. The standard InChI is InChI=1S/C30H30N4O4S/c1-18-14-19(2)32-29(31-18)33-39(37,38)24-12-10-23(11-13-24)34-26(22-8-6-21(7-9-22)20(3)35)15-25-27(34)16-30(4,5)17-28(25)36/h6-15H,16-17H2,1-5H3,(H,31,32,33). The van der Waals surface area contributed by atoms with Crippen LogP contribution in [0.4, 0.5) is 5.95 Å². The van der Waals surface area contributed by atoms with Gasteiger partial charge in [0.2, 0.25) is 5.95 Å². The third kappa shape index (κ3) is 5.27. The van der Waals surface area contributed by atoms with E-state index >= 15 is 0 Å². The molecule has 0 unspecified atom stereocenters. The Morgan fingerprint density at radius 3 is 2.13 bits per heavy atom. The van der Waals surface area contributed by atoms with E-state index in [9.17, 15) is 18.0 Å². The Bertz CT molecular complexity index is 1700. The number of fused-ring (bicyclic) bond motifs is 1. The lowest BCUT2D eigenvalue weighted by molar-refractivity contribution is 0.0910. The molecule has 2 heterocycles. The number of hydrogen-bond donors (Lipinski definition) is 1. The zero-order chi connectivity index (χ0) is 28.1. The van der Waals surface area contributed by atoms with Crippen LogP contribution in [0.15, 0.2) is 65.6 Å². The highest BCUT2D eigenvalue weighted by Gasteiger charge is 2.35. The smallest absolute Gasteiger partial charge is 0.264 e. The van der Waals surface area contributed by atoms with Crippen molar-refractivity contribution in [3.8, 4) is 16.9 Å². The SMILES string of the molecule is CC(=O)c1ccc(-c2cc3c(n2-c2ccc(S(=O)(=O)Nc4nc(C)cc(C)n4)cc2)CC(C)(C)CC3=O)cc1. The number of hydrogen-bond acceptors (Lipinski definition) is 6. The van der Waals surface area contributed by atoms with Crippen molar-refractivity contribution in [3.63, 3.8) is 0 Å². The second-order valence-electron chi connectivity index (χ2n) is 10.9. The molecular weight excluding hydrogens is 512 g/mol. The van der Waals surface area contributed by atoms with Crippen molar-refractivity contribution in [3.05, 3.63) is 88.9 Å². The highest BCUT2D eigenvalue weighted by atomic mass is 32.2.